The van der Waals surface area contributed by atoms with Gasteiger partial charge in [-0.1, -0.05) is 0 Å². The summed E-state index contributed by atoms with van der Waals surface area (Å²) in [5.41, 5.74) is 2.97. The molecule has 0 bridgehead atoms. The maximum atomic E-state index is 12.6. The van der Waals surface area contributed by atoms with Crippen molar-refractivity contribution in [3.63, 3.8) is 0 Å². The van der Waals surface area contributed by atoms with Crippen LogP contribution in [0.3, 0.4) is 0 Å². The molecular formula is C12H10FN3O. The van der Waals surface area contributed by atoms with E-state index < -0.39 is 0 Å². The average Bonchev–Trinajstić information content (AvgIpc) is 3.16. The molecule has 2 rings (SSSR count). The van der Waals surface area contributed by atoms with E-state index in [9.17, 15) is 9.18 Å². The Balaban J connectivity index is 2.05. The predicted molar refractivity (Wildman–Crippen MR) is 60.8 cm³/mol. The Labute approximate surface area is 97.8 Å². The van der Waals surface area contributed by atoms with Crippen molar-refractivity contribution in [2.75, 3.05) is 5.43 Å². The number of nitrogens with one attached hydrogen (secondary N) is 1. The van der Waals surface area contributed by atoms with Gasteiger partial charge in [0.1, 0.15) is 11.9 Å². The molecule has 1 aliphatic rings. The number of halogens is 1. The van der Waals surface area contributed by atoms with Crippen LogP contribution in [0.1, 0.15) is 12.8 Å². The fourth-order valence-electron chi connectivity index (χ4n) is 1.32. The van der Waals surface area contributed by atoms with Crippen molar-refractivity contribution in [2.24, 2.45) is 11.0 Å². The smallest absolute Gasteiger partial charge is 0.203 e. The van der Waals surface area contributed by atoms with E-state index in [1.165, 1.54) is 24.3 Å². The SMILES string of the molecule is N#C/C(=N/Nc1ccc(F)cc1)C(=O)C1CC1. The number of hydrazone groups is 1. The maximum absolute atomic E-state index is 12.6. The van der Waals surface area contributed by atoms with Crippen LogP contribution in [0.15, 0.2) is 29.4 Å². The van der Waals surface area contributed by atoms with Gasteiger partial charge in [0.15, 0.2) is 5.78 Å². The molecule has 1 aromatic rings. The van der Waals surface area contributed by atoms with Crippen molar-refractivity contribution in [1.82, 2.24) is 0 Å². The van der Waals surface area contributed by atoms with Crippen LogP contribution in [0.5, 0.6) is 0 Å². The number of hydrogen-bond donors (Lipinski definition) is 1. The predicted octanol–water partition coefficient (Wildman–Crippen LogP) is 2.10. The lowest BCUT2D eigenvalue weighted by atomic mass is 10.2. The quantitative estimate of drug-likeness (QED) is 0.637. The monoisotopic (exact) mass is 231 g/mol. The van der Waals surface area contributed by atoms with Gasteiger partial charge in [0.05, 0.1) is 5.69 Å². The van der Waals surface area contributed by atoms with Crippen molar-refractivity contribution in [1.29, 1.82) is 5.26 Å². The van der Waals surface area contributed by atoms with Crippen LogP contribution in [0.4, 0.5) is 10.1 Å². The third kappa shape index (κ3) is 2.88. The summed E-state index contributed by atoms with van der Waals surface area (Å²) in [7, 11) is 0. The molecular weight excluding hydrogens is 221 g/mol. The van der Waals surface area contributed by atoms with Crippen molar-refractivity contribution >= 4 is 17.2 Å². The van der Waals surface area contributed by atoms with Crippen LogP contribution in [-0.2, 0) is 4.79 Å². The van der Waals surface area contributed by atoms with E-state index >= 15 is 0 Å². The minimum absolute atomic E-state index is 0.0385. The van der Waals surface area contributed by atoms with Crippen LogP contribution in [-0.4, -0.2) is 11.5 Å². The van der Waals surface area contributed by atoms with Crippen LogP contribution in [0.25, 0.3) is 0 Å². The third-order valence-corrected chi connectivity index (χ3v) is 2.43. The van der Waals surface area contributed by atoms with E-state index in [0.29, 0.717) is 5.69 Å². The maximum Gasteiger partial charge on any atom is 0.203 e. The lowest BCUT2D eigenvalue weighted by Gasteiger charge is -2.00. The lowest BCUT2D eigenvalue weighted by molar-refractivity contribution is -0.113. The first kappa shape index (κ1) is 11.3. The summed E-state index contributed by atoms with van der Waals surface area (Å²) in [5, 5.41) is 12.5. The number of benzene rings is 1. The van der Waals surface area contributed by atoms with E-state index in [1.807, 2.05) is 0 Å². The Bertz CT molecular complexity index is 497. The van der Waals surface area contributed by atoms with E-state index in [4.69, 9.17) is 5.26 Å². The second kappa shape index (κ2) is 4.74. The van der Waals surface area contributed by atoms with Crippen molar-refractivity contribution in [3.05, 3.63) is 30.1 Å². The number of nitrogens with zero attached hydrogens (tertiary/aromatic N) is 2. The Kier molecular flexibility index (Phi) is 3.15. The number of carbonyl (C=O) groups excluding carboxylic acids is 1. The number of ketones is 1. The molecule has 0 atom stereocenters. The van der Waals surface area contributed by atoms with E-state index in [2.05, 4.69) is 10.5 Å². The van der Waals surface area contributed by atoms with Crippen LogP contribution in [0.2, 0.25) is 0 Å². The third-order valence-electron chi connectivity index (χ3n) is 2.43. The van der Waals surface area contributed by atoms with Crippen molar-refractivity contribution in [2.45, 2.75) is 12.8 Å². The van der Waals surface area contributed by atoms with Gasteiger partial charge in [0, 0.05) is 5.92 Å². The molecule has 17 heavy (non-hydrogen) atoms. The van der Waals surface area contributed by atoms with E-state index in [0.717, 1.165) is 12.8 Å². The van der Waals surface area contributed by atoms with Gasteiger partial charge in [-0.3, -0.25) is 10.2 Å². The number of Topliss-reactive ketones (excluding diaryl/α,β-unsaturated/α-hetero) is 1. The van der Waals surface area contributed by atoms with Crippen LogP contribution in [0, 0.1) is 23.1 Å². The molecule has 0 aromatic heterocycles. The summed E-state index contributed by atoms with van der Waals surface area (Å²) in [6, 6.07) is 7.27. The molecule has 1 N–H and O–H groups in total. The summed E-state index contributed by atoms with van der Waals surface area (Å²) in [5.74, 6) is -0.611. The zero-order valence-electron chi connectivity index (χ0n) is 8.98. The molecule has 0 radical (unpaired) electrons. The Morgan fingerprint density at radius 1 is 1.41 bits per heavy atom. The van der Waals surface area contributed by atoms with Gasteiger partial charge in [-0.15, -0.1) is 0 Å². The number of nitriles is 1. The summed E-state index contributed by atoms with van der Waals surface area (Å²) in [6.07, 6.45) is 1.66. The second-order valence-corrected chi connectivity index (χ2v) is 3.83. The summed E-state index contributed by atoms with van der Waals surface area (Å²) >= 11 is 0. The van der Waals surface area contributed by atoms with Gasteiger partial charge in [0.25, 0.3) is 0 Å². The van der Waals surface area contributed by atoms with Gasteiger partial charge in [-0.05, 0) is 37.1 Å². The second-order valence-electron chi connectivity index (χ2n) is 3.83. The summed E-state index contributed by atoms with van der Waals surface area (Å²) < 4.78 is 12.6. The molecule has 1 aromatic carbocycles. The van der Waals surface area contributed by atoms with Gasteiger partial charge >= 0.3 is 0 Å². The average molecular weight is 231 g/mol. The molecule has 0 saturated heterocycles. The number of hydrogen-bond acceptors (Lipinski definition) is 4. The highest BCUT2D eigenvalue weighted by Crippen LogP contribution is 2.30. The Morgan fingerprint density at radius 2 is 2.06 bits per heavy atom. The first-order valence-corrected chi connectivity index (χ1v) is 5.24. The molecule has 1 saturated carbocycles. The largest absolute Gasteiger partial charge is 0.291 e. The molecule has 0 unspecified atom stereocenters. The Hall–Kier alpha value is -2.22. The molecule has 0 heterocycles. The molecule has 1 aliphatic carbocycles. The molecule has 4 nitrogen and oxygen atoms in total. The standard InChI is InChI=1S/C12H10FN3O/c13-9-3-5-10(6-4-9)15-16-11(7-14)12(17)8-1-2-8/h3-6,8,15H,1-2H2/b16-11-. The highest BCUT2D eigenvalue weighted by Gasteiger charge is 2.32. The minimum atomic E-state index is -0.353. The normalized spacial score (nSPS) is 15.2. The highest BCUT2D eigenvalue weighted by atomic mass is 19.1. The van der Waals surface area contributed by atoms with Gasteiger partial charge in [-0.25, -0.2) is 4.39 Å². The number of carbonyl (C=O) groups is 1. The zero-order chi connectivity index (χ0) is 12.3. The van der Waals surface area contributed by atoms with Gasteiger partial charge in [0.2, 0.25) is 5.71 Å². The summed E-state index contributed by atoms with van der Waals surface area (Å²) in [4.78, 5) is 11.6. The Morgan fingerprint density at radius 3 is 2.59 bits per heavy atom. The van der Waals surface area contributed by atoms with Crippen molar-refractivity contribution in [3.8, 4) is 6.07 Å². The molecule has 86 valence electrons. The van der Waals surface area contributed by atoms with Gasteiger partial charge < -0.3 is 0 Å². The van der Waals surface area contributed by atoms with Gasteiger partial charge in [-0.2, -0.15) is 10.4 Å². The molecule has 5 heteroatoms. The van der Waals surface area contributed by atoms with E-state index in [-0.39, 0.29) is 23.2 Å². The number of rotatable bonds is 4. The highest BCUT2D eigenvalue weighted by molar-refractivity contribution is 6.47. The first-order valence-electron chi connectivity index (χ1n) is 5.24. The van der Waals surface area contributed by atoms with Crippen LogP contribution >= 0.6 is 0 Å². The molecule has 0 amide bonds. The first-order chi connectivity index (χ1) is 8.20. The minimum Gasteiger partial charge on any atom is -0.291 e. The van der Waals surface area contributed by atoms with Crippen LogP contribution < -0.4 is 5.43 Å². The summed E-state index contributed by atoms with van der Waals surface area (Å²) in [6.45, 7) is 0. The van der Waals surface area contributed by atoms with E-state index in [1.54, 1.807) is 6.07 Å². The number of anilines is 1. The fourth-order valence-corrected chi connectivity index (χ4v) is 1.32. The molecule has 0 spiro atoms. The van der Waals surface area contributed by atoms with Crippen molar-refractivity contribution < 1.29 is 9.18 Å². The lowest BCUT2D eigenvalue weighted by Crippen LogP contribution is -2.15. The topological polar surface area (TPSA) is 65.2 Å². The molecule has 0 aliphatic heterocycles. The zero-order valence-corrected chi connectivity index (χ0v) is 8.98. The fraction of sp³-hybridized carbons (Fsp3) is 0.250. The molecule has 1 fully saturated rings.